The van der Waals surface area contributed by atoms with Gasteiger partial charge in [0.05, 0.1) is 25.0 Å². The minimum absolute atomic E-state index is 0.334. The molecule has 15 heavy (non-hydrogen) atoms. The molecule has 3 atom stereocenters. The summed E-state index contributed by atoms with van der Waals surface area (Å²) in [7, 11) is 3.09. The average molecular weight is 219 g/mol. The van der Waals surface area contributed by atoms with Crippen LogP contribution in [0.15, 0.2) is 0 Å². The van der Waals surface area contributed by atoms with Crippen LogP contribution in [0.25, 0.3) is 0 Å². The first-order chi connectivity index (χ1) is 7.29. The van der Waals surface area contributed by atoms with Crippen LogP contribution in [-0.2, 0) is 9.47 Å². The Morgan fingerprint density at radius 2 is 1.80 bits per heavy atom. The molecule has 0 radical (unpaired) electrons. The van der Waals surface area contributed by atoms with Crippen LogP contribution >= 0.6 is 0 Å². The topological polar surface area (TPSA) is 41.9 Å². The molecule has 2 aliphatic rings. The summed E-state index contributed by atoms with van der Waals surface area (Å²) in [5, 5.41) is 7.00. The predicted octanol–water partition coefficient (Wildman–Crippen LogP) is 1.09. The molecule has 0 spiro atoms. The fraction of sp³-hybridized carbons (Fsp3) is 1.00. The van der Waals surface area contributed by atoms with Crippen LogP contribution in [0, 0.1) is 0 Å². The molecule has 0 aromatic carbocycles. The molecule has 2 fully saturated rings. The molecular weight excluding hydrogens is 194 g/mol. The van der Waals surface area contributed by atoms with Gasteiger partial charge in [0, 0.05) is 13.7 Å². The molecule has 0 amide bonds. The predicted molar refractivity (Wildman–Crippen MR) is 60.8 cm³/mol. The summed E-state index contributed by atoms with van der Waals surface area (Å²) in [6.45, 7) is 7.75. The van der Waals surface area contributed by atoms with Gasteiger partial charge in [-0.1, -0.05) is 13.8 Å². The van der Waals surface area contributed by atoms with E-state index in [2.05, 4.69) is 18.9 Å². The maximum absolute atomic E-state index is 7.00. The molecule has 0 aromatic heterocycles. The van der Waals surface area contributed by atoms with E-state index in [1.807, 2.05) is 13.8 Å². The molecule has 2 saturated heterocycles. The Morgan fingerprint density at radius 3 is 2.33 bits per heavy atom. The van der Waals surface area contributed by atoms with Gasteiger partial charge in [-0.05, 0) is 20.4 Å². The van der Waals surface area contributed by atoms with Crippen molar-refractivity contribution in [2.45, 2.75) is 45.4 Å². The lowest BCUT2D eigenvalue weighted by atomic mass is 10.0. The highest BCUT2D eigenvalue weighted by molar-refractivity contribution is 4.89. The Labute approximate surface area is 93.2 Å². The maximum Gasteiger partial charge on any atom is 0.0996 e. The third-order valence-electron chi connectivity index (χ3n) is 2.65. The molecule has 0 aromatic rings. The van der Waals surface area contributed by atoms with Crippen LogP contribution in [0.3, 0.4) is 0 Å². The minimum Gasteiger partial charge on any atom is -0.400 e. The first-order valence-corrected chi connectivity index (χ1v) is 5.67. The molecule has 4 nitrogen and oxygen atoms in total. The molecule has 92 valence electrons. The van der Waals surface area contributed by atoms with E-state index in [-0.39, 0.29) is 0 Å². The molecule has 2 rings (SSSR count). The SMILES string of the molecule is CC.CC1OCCC2OCN(C)C12.CO. The van der Waals surface area contributed by atoms with Crippen LogP contribution in [0.2, 0.25) is 0 Å². The van der Waals surface area contributed by atoms with Crippen molar-refractivity contribution in [3.05, 3.63) is 0 Å². The molecule has 1 N–H and O–H groups in total. The Morgan fingerprint density at radius 1 is 1.20 bits per heavy atom. The second-order valence-corrected chi connectivity index (χ2v) is 3.45. The molecule has 2 heterocycles. The number of aliphatic hydroxyl groups excluding tert-OH is 1. The smallest absolute Gasteiger partial charge is 0.0996 e. The summed E-state index contributed by atoms with van der Waals surface area (Å²) < 4.78 is 11.1. The summed E-state index contributed by atoms with van der Waals surface area (Å²) in [5.41, 5.74) is 0. The number of likely N-dealkylation sites (N-methyl/N-ethyl adjacent to an activating group) is 1. The van der Waals surface area contributed by atoms with Gasteiger partial charge in [0.1, 0.15) is 0 Å². The third-order valence-corrected chi connectivity index (χ3v) is 2.65. The van der Waals surface area contributed by atoms with E-state index < -0.39 is 0 Å². The Hall–Kier alpha value is -0.160. The van der Waals surface area contributed by atoms with Gasteiger partial charge < -0.3 is 14.6 Å². The van der Waals surface area contributed by atoms with Gasteiger partial charge in [-0.25, -0.2) is 0 Å². The van der Waals surface area contributed by atoms with Gasteiger partial charge in [0.15, 0.2) is 0 Å². The lowest BCUT2D eigenvalue weighted by Gasteiger charge is -2.33. The van der Waals surface area contributed by atoms with Crippen molar-refractivity contribution in [2.24, 2.45) is 0 Å². The van der Waals surface area contributed by atoms with E-state index in [0.717, 1.165) is 26.9 Å². The molecule has 0 saturated carbocycles. The molecule has 4 heteroatoms. The monoisotopic (exact) mass is 219 g/mol. The summed E-state index contributed by atoms with van der Waals surface area (Å²) >= 11 is 0. The number of ether oxygens (including phenoxy) is 2. The average Bonchev–Trinajstić information content (AvgIpc) is 2.68. The second kappa shape index (κ2) is 8.05. The van der Waals surface area contributed by atoms with Crippen molar-refractivity contribution in [1.29, 1.82) is 0 Å². The zero-order valence-electron chi connectivity index (χ0n) is 10.6. The number of rotatable bonds is 0. The van der Waals surface area contributed by atoms with Crippen molar-refractivity contribution < 1.29 is 14.6 Å². The maximum atomic E-state index is 7.00. The van der Waals surface area contributed by atoms with Crippen molar-refractivity contribution in [1.82, 2.24) is 4.90 Å². The van der Waals surface area contributed by atoms with Crippen molar-refractivity contribution in [2.75, 3.05) is 27.5 Å². The van der Waals surface area contributed by atoms with Crippen LogP contribution < -0.4 is 0 Å². The van der Waals surface area contributed by atoms with Crippen LogP contribution in [0.5, 0.6) is 0 Å². The lowest BCUT2D eigenvalue weighted by Crippen LogP contribution is -2.46. The molecule has 0 bridgehead atoms. The highest BCUT2D eigenvalue weighted by atomic mass is 16.5. The van der Waals surface area contributed by atoms with E-state index in [1.165, 1.54) is 0 Å². The normalized spacial score (nSPS) is 34.4. The van der Waals surface area contributed by atoms with Crippen LogP contribution in [0.1, 0.15) is 27.2 Å². The van der Waals surface area contributed by atoms with Gasteiger partial charge in [0.2, 0.25) is 0 Å². The number of hydrogen-bond donors (Lipinski definition) is 1. The molecule has 2 aliphatic heterocycles. The highest BCUT2D eigenvalue weighted by Gasteiger charge is 2.39. The second-order valence-electron chi connectivity index (χ2n) is 3.45. The van der Waals surface area contributed by atoms with E-state index in [0.29, 0.717) is 18.2 Å². The Bertz CT molecular complexity index is 153. The van der Waals surface area contributed by atoms with Gasteiger partial charge in [-0.3, -0.25) is 4.90 Å². The number of fused-ring (bicyclic) bond motifs is 1. The van der Waals surface area contributed by atoms with E-state index in [4.69, 9.17) is 14.6 Å². The van der Waals surface area contributed by atoms with Gasteiger partial charge in [-0.2, -0.15) is 0 Å². The zero-order valence-corrected chi connectivity index (χ0v) is 10.6. The quantitative estimate of drug-likeness (QED) is 0.662. The molecule has 0 aliphatic carbocycles. The highest BCUT2D eigenvalue weighted by Crippen LogP contribution is 2.26. The van der Waals surface area contributed by atoms with Gasteiger partial charge in [0.25, 0.3) is 0 Å². The van der Waals surface area contributed by atoms with E-state index in [1.54, 1.807) is 0 Å². The molecule has 3 unspecified atom stereocenters. The Balaban J connectivity index is 0.000000442. The zero-order chi connectivity index (χ0) is 11.8. The summed E-state index contributed by atoms with van der Waals surface area (Å²) in [6, 6.07) is 0.490. The minimum atomic E-state index is 0.334. The number of hydrogen-bond acceptors (Lipinski definition) is 4. The van der Waals surface area contributed by atoms with Gasteiger partial charge in [-0.15, -0.1) is 0 Å². The van der Waals surface area contributed by atoms with Crippen molar-refractivity contribution >= 4 is 0 Å². The number of nitrogens with zero attached hydrogens (tertiary/aromatic N) is 1. The summed E-state index contributed by atoms with van der Waals surface area (Å²) in [4.78, 5) is 2.23. The third kappa shape index (κ3) is 3.72. The van der Waals surface area contributed by atoms with Crippen LogP contribution in [0.4, 0.5) is 0 Å². The van der Waals surface area contributed by atoms with Crippen molar-refractivity contribution in [3.63, 3.8) is 0 Å². The standard InChI is InChI=1S/C8H15NO2.C2H6.CH4O/c1-6-8-7(3-4-10-6)11-5-9(8)2;2*1-2/h6-8H,3-5H2,1-2H3;1-2H3;2H,1H3. The lowest BCUT2D eigenvalue weighted by molar-refractivity contribution is -0.0494. The van der Waals surface area contributed by atoms with Crippen LogP contribution in [-0.4, -0.2) is 55.8 Å². The fourth-order valence-corrected chi connectivity index (χ4v) is 2.07. The first kappa shape index (κ1) is 14.8. The first-order valence-electron chi connectivity index (χ1n) is 5.67. The van der Waals surface area contributed by atoms with E-state index in [9.17, 15) is 0 Å². The largest absolute Gasteiger partial charge is 0.400 e. The summed E-state index contributed by atoms with van der Waals surface area (Å²) in [5.74, 6) is 0. The fourth-order valence-electron chi connectivity index (χ4n) is 2.07. The number of aliphatic hydroxyl groups is 1. The summed E-state index contributed by atoms with van der Waals surface area (Å²) in [6.07, 6.45) is 1.81. The van der Waals surface area contributed by atoms with E-state index >= 15 is 0 Å². The Kier molecular flexibility index (Phi) is 7.96. The van der Waals surface area contributed by atoms with Gasteiger partial charge >= 0.3 is 0 Å². The molecular formula is C11H25NO3. The van der Waals surface area contributed by atoms with Crippen molar-refractivity contribution in [3.8, 4) is 0 Å².